The number of halogens is 2. The third kappa shape index (κ3) is 7.53. The Balaban J connectivity index is 1.65. The topological polar surface area (TPSA) is 88.7 Å². The van der Waals surface area contributed by atoms with Crippen molar-refractivity contribution < 1.29 is 19.1 Å². The highest BCUT2D eigenvalue weighted by atomic mass is 35.5. The molecule has 35 heavy (non-hydrogen) atoms. The van der Waals surface area contributed by atoms with E-state index in [1.54, 1.807) is 32.4 Å². The molecule has 0 spiro atoms. The maximum absolute atomic E-state index is 13.0. The zero-order valence-corrected chi connectivity index (χ0v) is 21.0. The molecule has 0 saturated carbocycles. The summed E-state index contributed by atoms with van der Waals surface area (Å²) < 4.78 is 10.6. The minimum Gasteiger partial charge on any atom is -0.493 e. The molecule has 3 N–H and O–H groups in total. The quantitative estimate of drug-likeness (QED) is 0.350. The van der Waals surface area contributed by atoms with Crippen molar-refractivity contribution in [1.29, 1.82) is 0 Å². The van der Waals surface area contributed by atoms with Gasteiger partial charge in [0, 0.05) is 13.0 Å². The molecule has 0 aromatic heterocycles. The number of nitrogens with one attached hydrogen (secondary N) is 3. The lowest BCUT2D eigenvalue weighted by Gasteiger charge is -2.19. The van der Waals surface area contributed by atoms with E-state index >= 15 is 0 Å². The van der Waals surface area contributed by atoms with Crippen molar-refractivity contribution in [2.24, 2.45) is 0 Å². The van der Waals surface area contributed by atoms with Crippen LogP contribution in [0.3, 0.4) is 0 Å². The highest BCUT2D eigenvalue weighted by molar-refractivity contribution is 6.43. The van der Waals surface area contributed by atoms with Gasteiger partial charge in [-0.15, -0.1) is 0 Å². The predicted octanol–water partition coefficient (Wildman–Crippen LogP) is 5.10. The van der Waals surface area contributed by atoms with Gasteiger partial charge in [-0.3, -0.25) is 4.79 Å². The summed E-state index contributed by atoms with van der Waals surface area (Å²) in [7, 11) is 3.15. The van der Waals surface area contributed by atoms with Crippen LogP contribution >= 0.6 is 23.2 Å². The normalized spacial score (nSPS) is 11.3. The van der Waals surface area contributed by atoms with E-state index in [4.69, 9.17) is 32.7 Å². The van der Waals surface area contributed by atoms with Gasteiger partial charge in [-0.1, -0.05) is 65.7 Å². The Hall–Kier alpha value is -3.42. The van der Waals surface area contributed by atoms with Crippen molar-refractivity contribution in [2.75, 3.05) is 26.1 Å². The number of carbonyl (C=O) groups is 2. The number of urea groups is 1. The predicted molar refractivity (Wildman–Crippen MR) is 139 cm³/mol. The summed E-state index contributed by atoms with van der Waals surface area (Å²) in [6, 6.07) is 18.6. The average molecular weight is 516 g/mol. The standard InChI is InChI=1S/C26H27Cl2N3O4/c1-34-22-12-11-18(16-23(22)35-2)13-14-29-25(32)21(15-17-7-4-3-5-8-17)31-26(33)30-20-10-6-9-19(27)24(20)28/h3-12,16,21H,13-15H2,1-2H3,(H,29,32)(H2,30,31,33). The van der Waals surface area contributed by atoms with E-state index in [1.807, 2.05) is 48.5 Å². The molecular formula is C26H27Cl2N3O4. The molecule has 3 aromatic rings. The molecule has 0 heterocycles. The summed E-state index contributed by atoms with van der Waals surface area (Å²) in [4.78, 5) is 25.7. The molecule has 184 valence electrons. The fourth-order valence-electron chi connectivity index (χ4n) is 3.47. The summed E-state index contributed by atoms with van der Waals surface area (Å²) in [5, 5.41) is 8.85. The van der Waals surface area contributed by atoms with Gasteiger partial charge in [0.2, 0.25) is 5.91 Å². The molecule has 0 aliphatic heterocycles. The van der Waals surface area contributed by atoms with Crippen LogP contribution in [-0.2, 0) is 17.6 Å². The summed E-state index contributed by atoms with van der Waals surface area (Å²) in [6.07, 6.45) is 0.897. The fraction of sp³-hybridized carbons (Fsp3) is 0.231. The van der Waals surface area contributed by atoms with Gasteiger partial charge in [0.1, 0.15) is 6.04 Å². The van der Waals surface area contributed by atoms with Crippen molar-refractivity contribution >= 4 is 40.8 Å². The highest BCUT2D eigenvalue weighted by Gasteiger charge is 2.22. The lowest BCUT2D eigenvalue weighted by atomic mass is 10.1. The molecule has 9 heteroatoms. The lowest BCUT2D eigenvalue weighted by Crippen LogP contribution is -2.49. The van der Waals surface area contributed by atoms with Crippen LogP contribution in [0.15, 0.2) is 66.7 Å². The number of rotatable bonds is 10. The maximum Gasteiger partial charge on any atom is 0.319 e. The summed E-state index contributed by atoms with van der Waals surface area (Å²) in [5.41, 5.74) is 2.24. The lowest BCUT2D eigenvalue weighted by molar-refractivity contribution is -0.122. The average Bonchev–Trinajstić information content (AvgIpc) is 2.86. The molecule has 1 unspecified atom stereocenters. The van der Waals surface area contributed by atoms with Crippen molar-refractivity contribution in [3.63, 3.8) is 0 Å². The van der Waals surface area contributed by atoms with Gasteiger partial charge in [0.15, 0.2) is 11.5 Å². The Morgan fingerprint density at radius 2 is 1.63 bits per heavy atom. The van der Waals surface area contributed by atoms with E-state index in [9.17, 15) is 9.59 Å². The van der Waals surface area contributed by atoms with Crippen LogP contribution in [0.2, 0.25) is 10.0 Å². The Bertz CT molecular complexity index is 1160. The van der Waals surface area contributed by atoms with Gasteiger partial charge in [0.05, 0.1) is 30.0 Å². The number of amides is 3. The monoisotopic (exact) mass is 515 g/mol. The zero-order valence-electron chi connectivity index (χ0n) is 19.4. The summed E-state index contributed by atoms with van der Waals surface area (Å²) in [5.74, 6) is 0.955. The third-order valence-electron chi connectivity index (χ3n) is 5.27. The number of ether oxygens (including phenoxy) is 2. The Kier molecular flexibility index (Phi) is 9.64. The molecule has 0 bridgehead atoms. The third-order valence-corrected chi connectivity index (χ3v) is 6.08. The molecular weight excluding hydrogens is 489 g/mol. The first-order chi connectivity index (χ1) is 16.9. The molecule has 3 rings (SSSR count). The van der Waals surface area contributed by atoms with E-state index in [2.05, 4.69) is 16.0 Å². The second-order valence-corrected chi connectivity index (χ2v) is 8.46. The van der Waals surface area contributed by atoms with Gasteiger partial charge >= 0.3 is 6.03 Å². The Labute approximate surface area is 214 Å². The number of benzene rings is 3. The first kappa shape index (κ1) is 26.2. The van der Waals surface area contributed by atoms with Crippen molar-refractivity contribution in [3.8, 4) is 11.5 Å². The SMILES string of the molecule is COc1ccc(CCNC(=O)C(Cc2ccccc2)NC(=O)Nc2cccc(Cl)c2Cl)cc1OC. The van der Waals surface area contributed by atoms with Gasteiger partial charge < -0.3 is 25.4 Å². The van der Waals surface area contributed by atoms with E-state index < -0.39 is 12.1 Å². The molecule has 0 aliphatic rings. The van der Waals surface area contributed by atoms with Crippen molar-refractivity contribution in [1.82, 2.24) is 10.6 Å². The van der Waals surface area contributed by atoms with Crippen LogP contribution in [0.1, 0.15) is 11.1 Å². The molecule has 3 amide bonds. The second kappa shape index (κ2) is 12.9. The minimum atomic E-state index is -0.805. The number of anilines is 1. The zero-order chi connectivity index (χ0) is 25.2. The van der Waals surface area contributed by atoms with E-state index in [0.717, 1.165) is 11.1 Å². The first-order valence-corrected chi connectivity index (χ1v) is 11.7. The summed E-state index contributed by atoms with van der Waals surface area (Å²) >= 11 is 12.2. The molecule has 0 aliphatic carbocycles. The molecule has 0 fully saturated rings. The molecule has 0 saturated heterocycles. The Morgan fingerprint density at radius 1 is 0.886 bits per heavy atom. The second-order valence-electron chi connectivity index (χ2n) is 7.67. The van der Waals surface area contributed by atoms with E-state index in [-0.39, 0.29) is 10.9 Å². The van der Waals surface area contributed by atoms with Gasteiger partial charge in [0.25, 0.3) is 0 Å². The fourth-order valence-corrected chi connectivity index (χ4v) is 3.81. The largest absolute Gasteiger partial charge is 0.493 e. The maximum atomic E-state index is 13.0. The number of hydrogen-bond donors (Lipinski definition) is 3. The van der Waals surface area contributed by atoms with Crippen molar-refractivity contribution in [3.05, 3.63) is 87.9 Å². The van der Waals surface area contributed by atoms with Crippen molar-refractivity contribution in [2.45, 2.75) is 18.9 Å². The van der Waals surface area contributed by atoms with Crippen LogP contribution in [0.25, 0.3) is 0 Å². The smallest absolute Gasteiger partial charge is 0.319 e. The molecule has 1 atom stereocenters. The molecule has 3 aromatic carbocycles. The molecule has 0 radical (unpaired) electrons. The van der Waals surface area contributed by atoms with E-state index in [1.165, 1.54) is 0 Å². The van der Waals surface area contributed by atoms with Crippen LogP contribution in [0.4, 0.5) is 10.5 Å². The summed E-state index contributed by atoms with van der Waals surface area (Å²) in [6.45, 7) is 0.378. The van der Waals surface area contributed by atoms with Gasteiger partial charge in [-0.25, -0.2) is 4.79 Å². The van der Waals surface area contributed by atoms with Crippen LogP contribution in [0.5, 0.6) is 11.5 Å². The number of hydrogen-bond acceptors (Lipinski definition) is 4. The number of carbonyl (C=O) groups excluding carboxylic acids is 2. The minimum absolute atomic E-state index is 0.225. The molecule has 7 nitrogen and oxygen atoms in total. The van der Waals surface area contributed by atoms with E-state index in [0.29, 0.717) is 41.6 Å². The Morgan fingerprint density at radius 3 is 2.34 bits per heavy atom. The first-order valence-electron chi connectivity index (χ1n) is 10.9. The number of methoxy groups -OCH3 is 2. The van der Waals surface area contributed by atoms with Crippen LogP contribution in [0, 0.1) is 0 Å². The van der Waals surface area contributed by atoms with Crippen LogP contribution < -0.4 is 25.4 Å². The van der Waals surface area contributed by atoms with Gasteiger partial charge in [-0.05, 0) is 41.8 Å². The van der Waals surface area contributed by atoms with Crippen LogP contribution in [-0.4, -0.2) is 38.7 Å². The highest BCUT2D eigenvalue weighted by Crippen LogP contribution is 2.29. The van der Waals surface area contributed by atoms with Gasteiger partial charge in [-0.2, -0.15) is 0 Å².